The molecule has 0 atom stereocenters. The molecule has 16 heavy (non-hydrogen) atoms. The topological polar surface area (TPSA) is 15.3 Å². The molecule has 1 heterocycles. The van der Waals surface area contributed by atoms with Crippen LogP contribution in [0.15, 0.2) is 40.9 Å². The first-order chi connectivity index (χ1) is 7.84. The highest BCUT2D eigenvalue weighted by Gasteiger charge is 2.27. The average Bonchev–Trinajstić information content (AvgIpc) is 2.77. The highest BCUT2D eigenvalue weighted by molar-refractivity contribution is 8.25. The first kappa shape index (κ1) is 10.2. The molecule has 0 saturated carbocycles. The summed E-state index contributed by atoms with van der Waals surface area (Å²) >= 11 is 7.00. The summed E-state index contributed by atoms with van der Waals surface area (Å²) in [5, 5.41) is 2.14. The summed E-state index contributed by atoms with van der Waals surface area (Å²) < 4.78 is 0.851. The van der Waals surface area contributed by atoms with Crippen LogP contribution in [-0.2, 0) is 0 Å². The van der Waals surface area contributed by atoms with Gasteiger partial charge in [0.05, 0.1) is 11.4 Å². The van der Waals surface area contributed by atoms with E-state index in [0.717, 1.165) is 10.7 Å². The molecule has 1 N–H and O–H groups in total. The van der Waals surface area contributed by atoms with Crippen molar-refractivity contribution in [1.82, 2.24) is 5.43 Å². The molecule has 3 rings (SSSR count). The second-order valence-electron chi connectivity index (χ2n) is 3.90. The van der Waals surface area contributed by atoms with E-state index in [4.69, 9.17) is 12.2 Å². The minimum absolute atomic E-state index is 0.851. The molecular formula is C12H12N2S2. The third-order valence-electron chi connectivity index (χ3n) is 2.84. The number of hydrazine groups is 1. The van der Waals surface area contributed by atoms with Crippen LogP contribution in [0.2, 0.25) is 0 Å². The highest BCUT2D eigenvalue weighted by Crippen LogP contribution is 2.40. The lowest BCUT2D eigenvalue weighted by Gasteiger charge is -2.32. The average molecular weight is 248 g/mol. The molecule has 82 valence electrons. The molecule has 0 saturated heterocycles. The number of anilines is 1. The molecule has 2 nitrogen and oxygen atoms in total. The second-order valence-corrected chi connectivity index (χ2v) is 5.67. The quantitative estimate of drug-likeness (QED) is 0.766. The Morgan fingerprint density at radius 3 is 2.81 bits per heavy atom. The van der Waals surface area contributed by atoms with Crippen LogP contribution < -0.4 is 10.4 Å². The van der Waals surface area contributed by atoms with Crippen LogP contribution in [0.1, 0.15) is 19.3 Å². The van der Waals surface area contributed by atoms with Crippen molar-refractivity contribution in [2.45, 2.75) is 19.3 Å². The molecular weight excluding hydrogens is 236 g/mol. The van der Waals surface area contributed by atoms with Crippen molar-refractivity contribution in [3.63, 3.8) is 0 Å². The number of allylic oxidation sites excluding steroid dienone is 2. The highest BCUT2D eigenvalue weighted by atomic mass is 32.2. The van der Waals surface area contributed by atoms with Gasteiger partial charge in [-0.2, -0.15) is 0 Å². The van der Waals surface area contributed by atoms with Crippen LogP contribution in [0.3, 0.4) is 0 Å². The van der Waals surface area contributed by atoms with Gasteiger partial charge >= 0.3 is 0 Å². The molecule has 2 aliphatic rings. The van der Waals surface area contributed by atoms with Gasteiger partial charge in [-0.3, -0.25) is 10.4 Å². The zero-order valence-corrected chi connectivity index (χ0v) is 10.4. The molecule has 1 aromatic carbocycles. The molecule has 1 aliphatic carbocycles. The molecule has 1 aromatic rings. The minimum atomic E-state index is 0.851. The van der Waals surface area contributed by atoms with Gasteiger partial charge in [0.2, 0.25) is 0 Å². The Morgan fingerprint density at radius 2 is 2.00 bits per heavy atom. The van der Waals surface area contributed by atoms with E-state index in [1.165, 1.54) is 29.1 Å². The number of nitrogens with zero attached hydrogens (tertiary/aromatic N) is 1. The molecule has 0 spiro atoms. The van der Waals surface area contributed by atoms with E-state index in [2.05, 4.69) is 34.7 Å². The molecule has 0 aromatic heterocycles. The number of thiocarbonyl (C=S) groups is 1. The van der Waals surface area contributed by atoms with Gasteiger partial charge in [-0.1, -0.05) is 42.2 Å². The van der Waals surface area contributed by atoms with Crippen molar-refractivity contribution in [3.8, 4) is 0 Å². The molecule has 1 aliphatic heterocycles. The Morgan fingerprint density at radius 1 is 1.19 bits per heavy atom. The summed E-state index contributed by atoms with van der Waals surface area (Å²) in [5.74, 6) is 0. The zero-order valence-electron chi connectivity index (χ0n) is 8.77. The van der Waals surface area contributed by atoms with Gasteiger partial charge in [-0.05, 0) is 31.4 Å². The van der Waals surface area contributed by atoms with Crippen molar-refractivity contribution in [3.05, 3.63) is 40.9 Å². The summed E-state index contributed by atoms with van der Waals surface area (Å²) in [6.07, 6.45) is 3.56. The van der Waals surface area contributed by atoms with Gasteiger partial charge < -0.3 is 0 Å². The minimum Gasteiger partial charge on any atom is -0.278 e. The van der Waals surface area contributed by atoms with E-state index >= 15 is 0 Å². The lowest BCUT2D eigenvalue weighted by molar-refractivity contribution is 0.818. The van der Waals surface area contributed by atoms with Gasteiger partial charge in [0.1, 0.15) is 0 Å². The van der Waals surface area contributed by atoms with Crippen LogP contribution >= 0.6 is 24.0 Å². The van der Waals surface area contributed by atoms with Crippen molar-refractivity contribution in [2.24, 2.45) is 0 Å². The monoisotopic (exact) mass is 248 g/mol. The standard InChI is InChI=1S/C12H12N2S2/c15-12-13-14(9-5-2-1-3-6-9)10-7-4-8-11(10)16-12/h1-3,5-6H,4,7-8H2,(H,13,15). The summed E-state index contributed by atoms with van der Waals surface area (Å²) in [6, 6.07) is 10.3. The number of hydrogen-bond donors (Lipinski definition) is 1. The van der Waals surface area contributed by atoms with Crippen molar-refractivity contribution < 1.29 is 0 Å². The zero-order chi connectivity index (χ0) is 11.0. The number of rotatable bonds is 1. The van der Waals surface area contributed by atoms with Crippen molar-refractivity contribution in [1.29, 1.82) is 0 Å². The lowest BCUT2D eigenvalue weighted by atomic mass is 10.3. The smallest absolute Gasteiger partial charge is 0.157 e. The van der Waals surface area contributed by atoms with Crippen LogP contribution in [0, 0.1) is 0 Å². The largest absolute Gasteiger partial charge is 0.278 e. The molecule has 0 radical (unpaired) electrons. The summed E-state index contributed by atoms with van der Waals surface area (Å²) in [4.78, 5) is 1.44. The first-order valence-corrected chi connectivity index (χ1v) is 6.63. The fraction of sp³-hybridized carbons (Fsp3) is 0.250. The summed E-state index contributed by atoms with van der Waals surface area (Å²) in [5.41, 5.74) is 5.83. The van der Waals surface area contributed by atoms with E-state index < -0.39 is 0 Å². The third kappa shape index (κ3) is 1.72. The Kier molecular flexibility index (Phi) is 2.61. The van der Waals surface area contributed by atoms with Crippen LogP contribution in [0.25, 0.3) is 0 Å². The number of para-hydroxylation sites is 1. The third-order valence-corrected chi connectivity index (χ3v) is 4.15. The van der Waals surface area contributed by atoms with Crippen LogP contribution in [0.5, 0.6) is 0 Å². The van der Waals surface area contributed by atoms with Gasteiger partial charge in [-0.25, -0.2) is 0 Å². The van der Waals surface area contributed by atoms with Gasteiger partial charge in [-0.15, -0.1) is 0 Å². The van der Waals surface area contributed by atoms with Crippen molar-refractivity contribution in [2.75, 3.05) is 5.01 Å². The van der Waals surface area contributed by atoms with Crippen LogP contribution in [-0.4, -0.2) is 4.32 Å². The molecule has 0 bridgehead atoms. The van der Waals surface area contributed by atoms with Gasteiger partial charge in [0.25, 0.3) is 0 Å². The Balaban J connectivity index is 2.00. The van der Waals surface area contributed by atoms with E-state index in [1.807, 2.05) is 6.07 Å². The predicted octanol–water partition coefficient (Wildman–Crippen LogP) is 3.42. The number of nitrogens with one attached hydrogen (secondary N) is 1. The van der Waals surface area contributed by atoms with Gasteiger partial charge in [0.15, 0.2) is 4.32 Å². The molecule has 0 unspecified atom stereocenters. The maximum Gasteiger partial charge on any atom is 0.157 e. The second kappa shape index (κ2) is 4.11. The maximum atomic E-state index is 5.28. The SMILES string of the molecule is S=C1NN(c2ccccc2)C2=C(CCC2)S1. The van der Waals surface area contributed by atoms with Crippen molar-refractivity contribution >= 4 is 34.0 Å². The Bertz CT molecular complexity index is 453. The van der Waals surface area contributed by atoms with Crippen LogP contribution in [0.4, 0.5) is 5.69 Å². The van der Waals surface area contributed by atoms with Gasteiger partial charge in [0, 0.05) is 4.91 Å². The van der Waals surface area contributed by atoms with E-state index in [1.54, 1.807) is 11.8 Å². The fourth-order valence-electron chi connectivity index (χ4n) is 2.14. The van der Waals surface area contributed by atoms with E-state index in [0.29, 0.717) is 0 Å². The number of hydrogen-bond acceptors (Lipinski definition) is 3. The number of thioether (sulfide) groups is 1. The summed E-state index contributed by atoms with van der Waals surface area (Å²) in [7, 11) is 0. The molecule has 0 amide bonds. The normalized spacial score (nSPS) is 19.8. The first-order valence-electron chi connectivity index (χ1n) is 5.40. The molecule has 0 fully saturated rings. The van der Waals surface area contributed by atoms with E-state index in [-0.39, 0.29) is 0 Å². The summed E-state index contributed by atoms with van der Waals surface area (Å²) in [6.45, 7) is 0. The van der Waals surface area contributed by atoms with E-state index in [9.17, 15) is 0 Å². The fourth-order valence-corrected chi connectivity index (χ4v) is 3.45. The number of benzene rings is 1. The predicted molar refractivity (Wildman–Crippen MR) is 73.1 cm³/mol. The maximum absolute atomic E-state index is 5.28. The lowest BCUT2D eigenvalue weighted by Crippen LogP contribution is -2.42. The Hall–Kier alpha value is -1.00. The molecule has 4 heteroatoms. The Labute approximate surface area is 105 Å².